The summed E-state index contributed by atoms with van der Waals surface area (Å²) in [6.45, 7) is 0.641. The average Bonchev–Trinajstić information content (AvgIpc) is 3.38. The summed E-state index contributed by atoms with van der Waals surface area (Å²) in [4.78, 5) is 152. The molecule has 1 fully saturated rings. The summed E-state index contributed by atoms with van der Waals surface area (Å²) in [5.41, 5.74) is 0.676. The second-order valence-electron chi connectivity index (χ2n) is 19.3. The summed E-state index contributed by atoms with van der Waals surface area (Å²) in [5.74, 6) is -8.78. The van der Waals surface area contributed by atoms with Crippen LogP contribution in [0, 0.1) is 0 Å². The van der Waals surface area contributed by atoms with E-state index in [0.29, 0.717) is 63.2 Å². The molecular weight excluding hydrogens is 1040 g/mol. The molecule has 1 aliphatic heterocycles. The topological polar surface area (TPSA) is 411 Å². The predicted octanol–water partition coefficient (Wildman–Crippen LogP) is -1.14. The molecule has 6 amide bonds. The molecule has 2 unspecified atom stereocenters. The molecule has 0 aromatic heterocycles. The molecule has 1 heterocycles. The SMILES string of the molecule is O=C[C@H](CCC(=O)O)NC(=O)N[C@@H](CCCCNC(=O)CCCCCCC(=O)NCCCCC(NC(=O)C(Cc1ccccc1)NC(=O)CN1CCN(CC(=O)O)CCN(CC(=O)O)CCN(CC(=O)O)CC1)C(=O)O)C(=O)O. The number of hydrogen-bond donors (Lipinski definition) is 12. The smallest absolute Gasteiger partial charge is 0.326 e. The zero-order chi connectivity index (χ0) is 58.5. The predicted molar refractivity (Wildman–Crippen MR) is 282 cm³/mol. The molecule has 12 N–H and O–H groups in total. The summed E-state index contributed by atoms with van der Waals surface area (Å²) >= 11 is 0. The monoisotopic (exact) mass is 1120 g/mol. The molecule has 2 rings (SSSR count). The van der Waals surface area contributed by atoms with Gasteiger partial charge in [0.1, 0.15) is 24.4 Å². The van der Waals surface area contributed by atoms with E-state index < -0.39 is 77.8 Å². The number of aldehydes is 1. The summed E-state index contributed by atoms with van der Waals surface area (Å²) in [6, 6.07) is 2.94. The van der Waals surface area contributed by atoms with Crippen LogP contribution in [0.15, 0.2) is 30.3 Å². The molecule has 28 nitrogen and oxygen atoms in total. The summed E-state index contributed by atoms with van der Waals surface area (Å²) < 4.78 is 0. The van der Waals surface area contributed by atoms with Crippen LogP contribution >= 0.6 is 0 Å². The van der Waals surface area contributed by atoms with Crippen molar-refractivity contribution in [2.24, 2.45) is 0 Å². The lowest BCUT2D eigenvalue weighted by Gasteiger charge is -2.33. The Morgan fingerprint density at radius 2 is 0.873 bits per heavy atom. The lowest BCUT2D eigenvalue weighted by Crippen LogP contribution is -2.54. The van der Waals surface area contributed by atoms with Crippen LogP contribution in [0.3, 0.4) is 0 Å². The van der Waals surface area contributed by atoms with Crippen LogP contribution in [-0.2, 0) is 59.2 Å². The van der Waals surface area contributed by atoms with Crippen LogP contribution in [0.2, 0.25) is 0 Å². The molecular formula is C51H80N10O18. The molecule has 0 spiro atoms. The van der Waals surface area contributed by atoms with E-state index in [9.17, 15) is 83.1 Å². The normalized spacial score (nSPS) is 15.5. The average molecular weight is 1120 g/mol. The Balaban J connectivity index is 1.81. The lowest BCUT2D eigenvalue weighted by atomic mass is 10.0. The van der Waals surface area contributed by atoms with Crippen molar-refractivity contribution in [3.63, 3.8) is 0 Å². The molecule has 0 saturated carbocycles. The Bertz CT molecular complexity index is 2110. The van der Waals surface area contributed by atoms with Crippen LogP contribution in [-0.4, -0.2) is 238 Å². The number of nitrogens with one attached hydrogen (secondary N) is 6. The number of amides is 6. The highest BCUT2D eigenvalue weighted by atomic mass is 16.4. The van der Waals surface area contributed by atoms with E-state index in [1.54, 1.807) is 49.9 Å². The minimum absolute atomic E-state index is 0.0113. The summed E-state index contributed by atoms with van der Waals surface area (Å²) in [7, 11) is 0. The first-order valence-corrected chi connectivity index (χ1v) is 26.6. The van der Waals surface area contributed by atoms with E-state index >= 15 is 0 Å². The molecule has 28 heteroatoms. The number of carboxylic acids is 6. The van der Waals surface area contributed by atoms with Crippen molar-refractivity contribution in [1.82, 2.24) is 51.5 Å². The van der Waals surface area contributed by atoms with Crippen molar-refractivity contribution in [3.8, 4) is 0 Å². The number of rotatable bonds is 38. The molecule has 4 atom stereocenters. The number of carboxylic acid groups (broad SMARTS) is 6. The Labute approximate surface area is 458 Å². The van der Waals surface area contributed by atoms with Crippen molar-refractivity contribution in [3.05, 3.63) is 35.9 Å². The number of nitrogens with zero attached hydrogens (tertiary/aromatic N) is 4. The minimum atomic E-state index is -1.33. The van der Waals surface area contributed by atoms with Crippen LogP contribution in [0.5, 0.6) is 0 Å². The van der Waals surface area contributed by atoms with E-state index in [0.717, 1.165) is 0 Å². The van der Waals surface area contributed by atoms with Gasteiger partial charge in [0.15, 0.2) is 0 Å². The van der Waals surface area contributed by atoms with Crippen molar-refractivity contribution in [1.29, 1.82) is 0 Å². The molecule has 0 bridgehead atoms. The van der Waals surface area contributed by atoms with Gasteiger partial charge in [0.25, 0.3) is 0 Å². The molecule has 442 valence electrons. The second-order valence-corrected chi connectivity index (χ2v) is 19.3. The van der Waals surface area contributed by atoms with Crippen LogP contribution in [0.4, 0.5) is 4.79 Å². The van der Waals surface area contributed by atoms with Crippen molar-refractivity contribution < 1.29 is 88.2 Å². The van der Waals surface area contributed by atoms with Crippen LogP contribution in [0.25, 0.3) is 0 Å². The molecule has 1 saturated heterocycles. The first kappa shape index (κ1) is 67.8. The zero-order valence-electron chi connectivity index (χ0n) is 44.7. The molecule has 79 heavy (non-hydrogen) atoms. The minimum Gasteiger partial charge on any atom is -0.481 e. The maximum Gasteiger partial charge on any atom is 0.326 e. The third-order valence-corrected chi connectivity index (χ3v) is 12.7. The van der Waals surface area contributed by atoms with Gasteiger partial charge in [-0.05, 0) is 63.4 Å². The highest BCUT2D eigenvalue weighted by Crippen LogP contribution is 2.10. The van der Waals surface area contributed by atoms with E-state index in [4.69, 9.17) is 5.11 Å². The Kier molecular flexibility index (Phi) is 33.6. The molecule has 0 radical (unpaired) electrons. The number of hydrogen-bond acceptors (Lipinski definition) is 16. The Morgan fingerprint density at radius 1 is 0.443 bits per heavy atom. The maximum absolute atomic E-state index is 13.8. The van der Waals surface area contributed by atoms with E-state index in [1.165, 1.54) is 0 Å². The van der Waals surface area contributed by atoms with Gasteiger partial charge in [0.2, 0.25) is 23.6 Å². The molecule has 1 aliphatic rings. The molecule has 1 aromatic rings. The van der Waals surface area contributed by atoms with Gasteiger partial charge < -0.3 is 67.3 Å². The van der Waals surface area contributed by atoms with E-state index in [-0.39, 0.29) is 148 Å². The highest BCUT2D eigenvalue weighted by molar-refractivity contribution is 5.91. The van der Waals surface area contributed by atoms with Gasteiger partial charge in [-0.2, -0.15) is 0 Å². The number of carbonyl (C=O) groups is 12. The fourth-order valence-corrected chi connectivity index (χ4v) is 8.40. The standard InChI is InChI=1S/C51H80N10O18/c62-35-37(18-19-44(66)67)54-51(79)57-39(50(77)78)15-9-11-21-53-42(64)17-7-2-1-6-16-41(63)52-20-10-8-14-38(49(75)76)56-48(74)40(30-36-12-4-3-5-13-36)55-43(65)31-58-22-24-59(32-45(68)69)26-28-61(34-47(72)73)29-27-60(25-23-58)33-46(70)71/h3-5,12-13,35,37-40H,1-2,6-11,14-34H2,(H,52,63)(H,53,64)(H,55,65)(H,56,74)(H,66,67)(H,68,69)(H,70,71)(H,72,73)(H,75,76)(H,77,78)(H2,54,57,79)/t37-,38?,39-,40?/m0/s1. The van der Waals surface area contributed by atoms with Crippen molar-refractivity contribution in [2.45, 2.75) is 120 Å². The largest absolute Gasteiger partial charge is 0.481 e. The molecule has 0 aliphatic carbocycles. The third kappa shape index (κ3) is 32.9. The Hall–Kier alpha value is -7.30. The Morgan fingerprint density at radius 3 is 1.28 bits per heavy atom. The number of benzene rings is 1. The van der Waals surface area contributed by atoms with Gasteiger partial charge in [-0.15, -0.1) is 0 Å². The zero-order valence-corrected chi connectivity index (χ0v) is 44.7. The van der Waals surface area contributed by atoms with E-state index in [1.807, 2.05) is 0 Å². The van der Waals surface area contributed by atoms with Crippen LogP contribution in [0.1, 0.15) is 95.5 Å². The fourth-order valence-electron chi connectivity index (χ4n) is 8.40. The fraction of sp³-hybridized carbons (Fsp3) is 0.647. The van der Waals surface area contributed by atoms with Crippen molar-refractivity contribution >= 4 is 71.8 Å². The van der Waals surface area contributed by atoms with Crippen LogP contribution < -0.4 is 31.9 Å². The van der Waals surface area contributed by atoms with E-state index in [2.05, 4.69) is 31.9 Å². The quantitative estimate of drug-likeness (QED) is 0.0275. The van der Waals surface area contributed by atoms with Gasteiger partial charge in [-0.1, -0.05) is 43.2 Å². The highest BCUT2D eigenvalue weighted by Gasteiger charge is 2.29. The number of aliphatic carboxylic acids is 6. The number of urea groups is 1. The number of unbranched alkanes of at least 4 members (excludes halogenated alkanes) is 5. The third-order valence-electron chi connectivity index (χ3n) is 12.7. The van der Waals surface area contributed by atoms with Crippen molar-refractivity contribution in [2.75, 3.05) is 91.6 Å². The lowest BCUT2D eigenvalue weighted by molar-refractivity contribution is -0.142. The summed E-state index contributed by atoms with van der Waals surface area (Å²) in [5, 5.41) is 72.2. The van der Waals surface area contributed by atoms with Gasteiger partial charge in [0, 0.05) is 91.1 Å². The number of carbonyl (C=O) groups excluding carboxylic acids is 6. The second kappa shape index (κ2) is 39.1. The van der Waals surface area contributed by atoms with Gasteiger partial charge >= 0.3 is 41.8 Å². The first-order chi connectivity index (χ1) is 37.6. The maximum atomic E-state index is 13.8. The van der Waals surface area contributed by atoms with Gasteiger partial charge in [0.05, 0.1) is 32.2 Å². The van der Waals surface area contributed by atoms with Gasteiger partial charge in [-0.3, -0.25) is 58.0 Å². The first-order valence-electron chi connectivity index (χ1n) is 26.6. The molecule has 1 aromatic carbocycles. The summed E-state index contributed by atoms with van der Waals surface area (Å²) in [6.07, 6.45) is 4.47. The van der Waals surface area contributed by atoms with Gasteiger partial charge in [-0.25, -0.2) is 14.4 Å².